The van der Waals surface area contributed by atoms with Gasteiger partial charge in [0.2, 0.25) is 0 Å². The van der Waals surface area contributed by atoms with Crippen molar-refractivity contribution in [3.8, 4) is 11.4 Å². The number of rotatable bonds is 6. The smallest absolute Gasteiger partial charge is 0.333 e. The van der Waals surface area contributed by atoms with Crippen LogP contribution < -0.4 is 11.0 Å². The fraction of sp³-hybridized carbons (Fsp3) is 0.267. The molecule has 198 valence electrons. The zero-order chi connectivity index (χ0) is 26.9. The van der Waals surface area contributed by atoms with Crippen molar-refractivity contribution >= 4 is 28.5 Å². The monoisotopic (exact) mass is 540 g/mol. The SMILES string of the molecule is Cc1ncc(Cl)cc1C(=O)NC1CCC(Cn2c(=O)n(-c3ccc(-n4cccn4)cc3)c3ccccc32)CC1. The first-order valence-electron chi connectivity index (χ1n) is 13.2. The number of nitrogens with zero attached hydrogens (tertiary/aromatic N) is 5. The second kappa shape index (κ2) is 10.5. The standard InChI is InChI=1S/C30H29ClN6O2/c1-20-26(17-22(31)18-32-20)29(38)34-23-9-7-21(8-10-23)19-35-27-5-2-3-6-28(27)37(30(35)39)25-13-11-24(12-14-25)36-16-4-15-33-36/h2-6,11-18,21,23H,7-10,19H2,1H3,(H,34,38). The molecule has 1 N–H and O–H groups in total. The average molecular weight is 541 g/mol. The summed E-state index contributed by atoms with van der Waals surface area (Å²) in [6.07, 6.45) is 8.78. The van der Waals surface area contributed by atoms with Gasteiger partial charge in [0.1, 0.15) is 0 Å². The van der Waals surface area contributed by atoms with Gasteiger partial charge in [-0.15, -0.1) is 0 Å². The lowest BCUT2D eigenvalue weighted by molar-refractivity contribution is 0.0919. The molecule has 3 aromatic heterocycles. The van der Waals surface area contributed by atoms with E-state index in [2.05, 4.69) is 15.4 Å². The molecule has 2 aromatic carbocycles. The molecular weight excluding hydrogens is 512 g/mol. The van der Waals surface area contributed by atoms with E-state index in [9.17, 15) is 9.59 Å². The Morgan fingerprint density at radius 2 is 1.72 bits per heavy atom. The van der Waals surface area contributed by atoms with Gasteiger partial charge in [-0.1, -0.05) is 23.7 Å². The maximum atomic E-state index is 13.7. The molecule has 0 spiro atoms. The second-order valence-corrected chi connectivity index (χ2v) is 10.6. The number of carbonyl (C=O) groups is 1. The van der Waals surface area contributed by atoms with Crippen LogP contribution >= 0.6 is 11.6 Å². The molecule has 0 bridgehead atoms. The highest BCUT2D eigenvalue weighted by atomic mass is 35.5. The third-order valence-electron chi connectivity index (χ3n) is 7.63. The summed E-state index contributed by atoms with van der Waals surface area (Å²) < 4.78 is 5.48. The Hall–Kier alpha value is -4.17. The Morgan fingerprint density at radius 3 is 2.44 bits per heavy atom. The number of pyridine rings is 1. The van der Waals surface area contributed by atoms with Crippen molar-refractivity contribution in [2.24, 2.45) is 5.92 Å². The minimum Gasteiger partial charge on any atom is -0.349 e. The predicted octanol–water partition coefficient (Wildman–Crippen LogP) is 5.32. The Morgan fingerprint density at radius 1 is 1.00 bits per heavy atom. The molecule has 0 aliphatic heterocycles. The van der Waals surface area contributed by atoms with Gasteiger partial charge in [-0.25, -0.2) is 9.48 Å². The molecule has 1 saturated carbocycles. The molecule has 0 saturated heterocycles. The van der Waals surface area contributed by atoms with Gasteiger partial charge in [0, 0.05) is 31.2 Å². The fourth-order valence-electron chi connectivity index (χ4n) is 5.56. The average Bonchev–Trinajstić information content (AvgIpc) is 3.58. The molecule has 1 aliphatic carbocycles. The second-order valence-electron chi connectivity index (χ2n) is 10.2. The van der Waals surface area contributed by atoms with E-state index in [0.29, 0.717) is 28.7 Å². The summed E-state index contributed by atoms with van der Waals surface area (Å²) in [6.45, 7) is 2.46. The Bertz CT molecular complexity index is 1680. The number of para-hydroxylation sites is 2. The van der Waals surface area contributed by atoms with Crippen molar-refractivity contribution in [1.82, 2.24) is 29.2 Å². The quantitative estimate of drug-likeness (QED) is 0.316. The number of fused-ring (bicyclic) bond motifs is 1. The van der Waals surface area contributed by atoms with Crippen LogP contribution in [0.1, 0.15) is 41.7 Å². The molecule has 39 heavy (non-hydrogen) atoms. The highest BCUT2D eigenvalue weighted by molar-refractivity contribution is 6.30. The number of hydrogen-bond acceptors (Lipinski definition) is 4. The molecule has 3 heterocycles. The third-order valence-corrected chi connectivity index (χ3v) is 7.84. The first-order valence-corrected chi connectivity index (χ1v) is 13.6. The Balaban J connectivity index is 1.18. The van der Waals surface area contributed by atoms with E-state index in [1.807, 2.05) is 72.3 Å². The predicted molar refractivity (Wildman–Crippen MR) is 152 cm³/mol. The van der Waals surface area contributed by atoms with Gasteiger partial charge in [-0.05, 0) is 87.1 Å². The number of hydrogen-bond donors (Lipinski definition) is 1. The van der Waals surface area contributed by atoms with Crippen LogP contribution in [-0.2, 0) is 6.54 Å². The van der Waals surface area contributed by atoms with Crippen LogP contribution in [0.25, 0.3) is 22.4 Å². The van der Waals surface area contributed by atoms with E-state index in [-0.39, 0.29) is 17.6 Å². The number of carbonyl (C=O) groups excluding carboxylic acids is 1. The Labute approximate surface area is 230 Å². The van der Waals surface area contributed by atoms with Crippen LogP contribution in [-0.4, -0.2) is 35.8 Å². The van der Waals surface area contributed by atoms with Crippen molar-refractivity contribution in [1.29, 1.82) is 0 Å². The fourth-order valence-corrected chi connectivity index (χ4v) is 5.72. The van der Waals surface area contributed by atoms with Gasteiger partial charge in [0.15, 0.2) is 0 Å². The van der Waals surface area contributed by atoms with Gasteiger partial charge in [0.25, 0.3) is 5.91 Å². The Kier molecular flexibility index (Phi) is 6.79. The topological polar surface area (TPSA) is 86.7 Å². The van der Waals surface area contributed by atoms with Crippen molar-refractivity contribution in [2.45, 2.75) is 45.2 Å². The number of amides is 1. The van der Waals surface area contributed by atoms with Gasteiger partial charge < -0.3 is 5.32 Å². The van der Waals surface area contributed by atoms with E-state index < -0.39 is 0 Å². The summed E-state index contributed by atoms with van der Waals surface area (Å²) in [5.74, 6) is 0.218. The summed E-state index contributed by atoms with van der Waals surface area (Å²) >= 11 is 6.05. The highest BCUT2D eigenvalue weighted by Crippen LogP contribution is 2.28. The van der Waals surface area contributed by atoms with Crippen molar-refractivity contribution < 1.29 is 4.79 Å². The third kappa shape index (κ3) is 5.00. The summed E-state index contributed by atoms with van der Waals surface area (Å²) in [4.78, 5) is 30.7. The molecule has 1 amide bonds. The maximum absolute atomic E-state index is 13.7. The number of imidazole rings is 1. The van der Waals surface area contributed by atoms with Gasteiger partial charge in [-0.2, -0.15) is 5.10 Å². The van der Waals surface area contributed by atoms with E-state index in [0.717, 1.165) is 48.1 Å². The number of aromatic nitrogens is 5. The highest BCUT2D eigenvalue weighted by Gasteiger charge is 2.25. The van der Waals surface area contributed by atoms with E-state index in [1.54, 1.807) is 27.7 Å². The summed E-state index contributed by atoms with van der Waals surface area (Å²) in [5, 5.41) is 7.89. The molecule has 9 heteroatoms. The minimum atomic E-state index is -0.135. The summed E-state index contributed by atoms with van der Waals surface area (Å²) in [6, 6.07) is 19.4. The van der Waals surface area contributed by atoms with E-state index in [1.165, 1.54) is 0 Å². The molecule has 0 unspecified atom stereocenters. The zero-order valence-electron chi connectivity index (χ0n) is 21.6. The lowest BCUT2D eigenvalue weighted by Crippen LogP contribution is -2.39. The van der Waals surface area contributed by atoms with Crippen molar-refractivity contribution in [3.63, 3.8) is 0 Å². The number of benzene rings is 2. The molecule has 0 radical (unpaired) electrons. The van der Waals surface area contributed by atoms with Crippen LogP contribution in [0.15, 0.2) is 84.0 Å². The molecule has 0 atom stereocenters. The number of halogens is 1. The van der Waals surface area contributed by atoms with Crippen LogP contribution in [0.3, 0.4) is 0 Å². The van der Waals surface area contributed by atoms with Crippen LogP contribution in [0, 0.1) is 12.8 Å². The van der Waals surface area contributed by atoms with Gasteiger partial charge >= 0.3 is 5.69 Å². The van der Waals surface area contributed by atoms with Crippen LogP contribution in [0.2, 0.25) is 5.02 Å². The number of nitrogens with one attached hydrogen (secondary N) is 1. The minimum absolute atomic E-state index is 0.0394. The summed E-state index contributed by atoms with van der Waals surface area (Å²) in [7, 11) is 0. The molecular formula is C30H29ClN6O2. The van der Waals surface area contributed by atoms with E-state index >= 15 is 0 Å². The van der Waals surface area contributed by atoms with E-state index in [4.69, 9.17) is 11.6 Å². The first-order chi connectivity index (χ1) is 19.0. The summed E-state index contributed by atoms with van der Waals surface area (Å²) in [5.41, 5.74) is 4.72. The zero-order valence-corrected chi connectivity index (χ0v) is 22.4. The largest absolute Gasteiger partial charge is 0.349 e. The van der Waals surface area contributed by atoms with Crippen molar-refractivity contribution in [3.05, 3.63) is 106 Å². The van der Waals surface area contributed by atoms with Crippen LogP contribution in [0.4, 0.5) is 0 Å². The van der Waals surface area contributed by atoms with Crippen molar-refractivity contribution in [2.75, 3.05) is 0 Å². The van der Waals surface area contributed by atoms with Crippen LogP contribution in [0.5, 0.6) is 0 Å². The molecule has 8 nitrogen and oxygen atoms in total. The maximum Gasteiger partial charge on any atom is 0.333 e. The lowest BCUT2D eigenvalue weighted by Gasteiger charge is -2.29. The molecule has 5 aromatic rings. The normalized spacial score (nSPS) is 17.4. The molecule has 6 rings (SSSR count). The molecule has 1 fully saturated rings. The lowest BCUT2D eigenvalue weighted by atomic mass is 9.85. The van der Waals surface area contributed by atoms with Gasteiger partial charge in [-0.3, -0.25) is 18.9 Å². The number of aryl methyl sites for hydroxylation is 1. The first kappa shape index (κ1) is 25.1. The molecule has 1 aliphatic rings. The van der Waals surface area contributed by atoms with Gasteiger partial charge in [0.05, 0.1) is 38.7 Å².